The standard InChI is InChI=1S/C14H11BrF4N2O/c1-20-12(7-5-6-7)11(15)13(22)21(20)9-4-2-3-8(16)10(9)14(17,18)19/h2-4,7H,5-6H2,1H3. The summed E-state index contributed by atoms with van der Waals surface area (Å²) in [6.45, 7) is 0. The van der Waals surface area contributed by atoms with Crippen LogP contribution in [0.1, 0.15) is 30.0 Å². The maximum atomic E-state index is 13.7. The Morgan fingerprint density at radius 2 is 1.91 bits per heavy atom. The first kappa shape index (κ1) is 15.3. The highest BCUT2D eigenvalue weighted by atomic mass is 79.9. The summed E-state index contributed by atoms with van der Waals surface area (Å²) in [6.07, 6.45) is -3.13. The highest BCUT2D eigenvalue weighted by molar-refractivity contribution is 9.10. The van der Waals surface area contributed by atoms with Gasteiger partial charge in [-0.15, -0.1) is 0 Å². The molecule has 8 heteroatoms. The predicted octanol–water partition coefficient (Wildman–Crippen LogP) is 3.97. The van der Waals surface area contributed by atoms with Gasteiger partial charge in [0.05, 0.1) is 11.4 Å². The van der Waals surface area contributed by atoms with Gasteiger partial charge in [-0.3, -0.25) is 9.48 Å². The number of halogens is 5. The Balaban J connectivity index is 2.32. The third-order valence-electron chi connectivity index (χ3n) is 3.72. The zero-order valence-electron chi connectivity index (χ0n) is 11.4. The van der Waals surface area contributed by atoms with Crippen LogP contribution in [0.2, 0.25) is 0 Å². The number of aromatic nitrogens is 2. The predicted molar refractivity (Wildman–Crippen MR) is 75.6 cm³/mol. The fourth-order valence-electron chi connectivity index (χ4n) is 2.63. The molecule has 22 heavy (non-hydrogen) atoms. The second-order valence-electron chi connectivity index (χ2n) is 5.25. The molecule has 1 aromatic carbocycles. The van der Waals surface area contributed by atoms with Crippen molar-refractivity contribution in [3.05, 3.63) is 50.1 Å². The fraction of sp³-hybridized carbons (Fsp3) is 0.357. The normalized spacial score (nSPS) is 15.4. The van der Waals surface area contributed by atoms with Gasteiger partial charge < -0.3 is 0 Å². The van der Waals surface area contributed by atoms with Crippen LogP contribution < -0.4 is 5.56 Å². The van der Waals surface area contributed by atoms with Crippen molar-refractivity contribution >= 4 is 15.9 Å². The molecule has 0 N–H and O–H groups in total. The highest BCUT2D eigenvalue weighted by Gasteiger charge is 2.39. The lowest BCUT2D eigenvalue weighted by Crippen LogP contribution is -2.24. The summed E-state index contributed by atoms with van der Waals surface area (Å²) in [5.41, 5.74) is -1.93. The first-order valence-electron chi connectivity index (χ1n) is 6.57. The number of rotatable bonds is 2. The molecule has 3 rings (SSSR count). The molecular weight excluding hydrogens is 368 g/mol. The summed E-state index contributed by atoms with van der Waals surface area (Å²) in [5, 5.41) is 0. The molecule has 1 fully saturated rings. The number of benzene rings is 1. The molecule has 1 saturated carbocycles. The van der Waals surface area contributed by atoms with E-state index in [4.69, 9.17) is 0 Å². The number of alkyl halides is 3. The monoisotopic (exact) mass is 378 g/mol. The van der Waals surface area contributed by atoms with Crippen molar-refractivity contribution < 1.29 is 17.6 Å². The smallest absolute Gasteiger partial charge is 0.284 e. The van der Waals surface area contributed by atoms with Crippen molar-refractivity contribution in [2.24, 2.45) is 7.05 Å². The van der Waals surface area contributed by atoms with Crippen LogP contribution in [0, 0.1) is 5.82 Å². The van der Waals surface area contributed by atoms with Crippen LogP contribution in [0.15, 0.2) is 27.5 Å². The van der Waals surface area contributed by atoms with Crippen molar-refractivity contribution in [2.75, 3.05) is 0 Å². The van der Waals surface area contributed by atoms with Crippen molar-refractivity contribution in [3.63, 3.8) is 0 Å². The molecule has 0 unspecified atom stereocenters. The minimum atomic E-state index is -4.89. The lowest BCUT2D eigenvalue weighted by atomic mass is 10.1. The summed E-state index contributed by atoms with van der Waals surface area (Å²) >= 11 is 3.15. The molecule has 0 spiro atoms. The molecule has 0 saturated heterocycles. The Morgan fingerprint density at radius 1 is 1.27 bits per heavy atom. The summed E-state index contributed by atoms with van der Waals surface area (Å²) < 4.78 is 55.7. The van der Waals surface area contributed by atoms with Crippen LogP contribution in [-0.2, 0) is 13.2 Å². The Labute approximate surface area is 131 Å². The third kappa shape index (κ3) is 2.29. The molecule has 0 radical (unpaired) electrons. The second kappa shape index (κ2) is 4.97. The molecule has 2 aromatic rings. The van der Waals surface area contributed by atoms with Gasteiger partial charge in [-0.25, -0.2) is 9.07 Å². The molecule has 0 bridgehead atoms. The maximum Gasteiger partial charge on any atom is 0.421 e. The van der Waals surface area contributed by atoms with E-state index in [0.717, 1.165) is 35.7 Å². The van der Waals surface area contributed by atoms with Crippen LogP contribution in [-0.4, -0.2) is 9.36 Å². The van der Waals surface area contributed by atoms with Crippen LogP contribution in [0.25, 0.3) is 5.69 Å². The topological polar surface area (TPSA) is 26.9 Å². The lowest BCUT2D eigenvalue weighted by molar-refractivity contribution is -0.140. The Bertz CT molecular complexity index is 802. The summed E-state index contributed by atoms with van der Waals surface area (Å²) in [7, 11) is 1.50. The van der Waals surface area contributed by atoms with Gasteiger partial charge in [-0.2, -0.15) is 13.2 Å². The molecule has 1 aliphatic rings. The molecule has 0 amide bonds. The molecular formula is C14H11BrF4N2O. The van der Waals surface area contributed by atoms with Gasteiger partial charge in [0, 0.05) is 13.0 Å². The Morgan fingerprint density at radius 3 is 2.45 bits per heavy atom. The van der Waals surface area contributed by atoms with E-state index in [2.05, 4.69) is 15.9 Å². The minimum Gasteiger partial charge on any atom is -0.284 e. The maximum absolute atomic E-state index is 13.7. The van der Waals surface area contributed by atoms with Gasteiger partial charge in [0.1, 0.15) is 15.9 Å². The van der Waals surface area contributed by atoms with Gasteiger partial charge in [-0.1, -0.05) is 6.07 Å². The first-order chi connectivity index (χ1) is 10.2. The molecule has 0 atom stereocenters. The fourth-order valence-corrected chi connectivity index (χ4v) is 3.38. The first-order valence-corrected chi connectivity index (χ1v) is 7.36. The highest BCUT2D eigenvalue weighted by Crippen LogP contribution is 2.43. The average molecular weight is 379 g/mol. The van der Waals surface area contributed by atoms with Gasteiger partial charge in [0.25, 0.3) is 5.56 Å². The number of nitrogens with zero attached hydrogens (tertiary/aromatic N) is 2. The van der Waals surface area contributed by atoms with E-state index in [0.29, 0.717) is 5.69 Å². The molecule has 3 nitrogen and oxygen atoms in total. The van der Waals surface area contributed by atoms with Crippen LogP contribution in [0.5, 0.6) is 0 Å². The van der Waals surface area contributed by atoms with Gasteiger partial charge in [0.15, 0.2) is 0 Å². The molecule has 118 valence electrons. The zero-order chi connectivity index (χ0) is 16.2. The second-order valence-corrected chi connectivity index (χ2v) is 6.04. The van der Waals surface area contributed by atoms with Crippen molar-refractivity contribution in [3.8, 4) is 5.69 Å². The molecule has 1 aromatic heterocycles. The van der Waals surface area contributed by atoms with Crippen molar-refractivity contribution in [1.82, 2.24) is 9.36 Å². The minimum absolute atomic E-state index is 0.149. The van der Waals surface area contributed by atoms with E-state index in [-0.39, 0.29) is 10.4 Å². The van der Waals surface area contributed by atoms with Crippen LogP contribution in [0.3, 0.4) is 0 Å². The molecule has 1 heterocycles. The Hall–Kier alpha value is -1.57. The van der Waals surface area contributed by atoms with E-state index in [1.54, 1.807) is 0 Å². The zero-order valence-corrected chi connectivity index (χ0v) is 13.0. The van der Waals surface area contributed by atoms with E-state index in [9.17, 15) is 22.4 Å². The largest absolute Gasteiger partial charge is 0.421 e. The van der Waals surface area contributed by atoms with Crippen molar-refractivity contribution in [2.45, 2.75) is 24.9 Å². The third-order valence-corrected chi connectivity index (χ3v) is 4.47. The quantitative estimate of drug-likeness (QED) is 0.726. The van der Waals surface area contributed by atoms with Crippen LogP contribution >= 0.6 is 15.9 Å². The number of hydrogen-bond acceptors (Lipinski definition) is 1. The van der Waals surface area contributed by atoms with Crippen molar-refractivity contribution in [1.29, 1.82) is 0 Å². The van der Waals surface area contributed by atoms with E-state index < -0.39 is 28.8 Å². The Kier molecular flexibility index (Phi) is 3.47. The molecule has 1 aliphatic carbocycles. The summed E-state index contributed by atoms with van der Waals surface area (Å²) in [6, 6.07) is 2.98. The van der Waals surface area contributed by atoms with Gasteiger partial charge >= 0.3 is 6.18 Å². The van der Waals surface area contributed by atoms with Gasteiger partial charge in [-0.05, 0) is 40.9 Å². The molecule has 0 aliphatic heterocycles. The lowest BCUT2D eigenvalue weighted by Gasteiger charge is -2.16. The number of hydrogen-bond donors (Lipinski definition) is 0. The SMILES string of the molecule is Cn1c(C2CC2)c(Br)c(=O)n1-c1cccc(F)c1C(F)(F)F. The van der Waals surface area contributed by atoms with Crippen LogP contribution in [0.4, 0.5) is 17.6 Å². The average Bonchev–Trinajstić information content (AvgIpc) is 3.18. The van der Waals surface area contributed by atoms with E-state index in [1.165, 1.54) is 11.7 Å². The van der Waals surface area contributed by atoms with Gasteiger partial charge in [0.2, 0.25) is 0 Å². The van der Waals surface area contributed by atoms with E-state index >= 15 is 0 Å². The summed E-state index contributed by atoms with van der Waals surface area (Å²) in [5.74, 6) is -1.25. The summed E-state index contributed by atoms with van der Waals surface area (Å²) in [4.78, 5) is 12.3. The van der Waals surface area contributed by atoms with E-state index in [1.807, 2.05) is 0 Å².